The molecule has 2 aromatic rings. The summed E-state index contributed by atoms with van der Waals surface area (Å²) in [4.78, 5) is 26.6. The lowest BCUT2D eigenvalue weighted by Gasteiger charge is -2.36. The summed E-state index contributed by atoms with van der Waals surface area (Å²) < 4.78 is 0. The highest BCUT2D eigenvalue weighted by Gasteiger charge is 2.30. The second kappa shape index (κ2) is 6.93. The fourth-order valence-electron chi connectivity index (χ4n) is 2.90. The van der Waals surface area contributed by atoms with Gasteiger partial charge >= 0.3 is 0 Å². The average Bonchev–Trinajstić information content (AvgIpc) is 3.13. The number of aliphatic hydroxyl groups excluding tert-OH is 1. The molecule has 1 atom stereocenters. The summed E-state index contributed by atoms with van der Waals surface area (Å²) in [5.74, 6) is -0.422. The molecule has 2 N–H and O–H groups in total. The number of nitrogens with one attached hydrogen (secondary N) is 1. The number of carbonyl (C=O) groups is 2. The topological polar surface area (TPSA) is 69.6 Å². The molecule has 2 amide bonds. The second-order valence-electron chi connectivity index (χ2n) is 5.39. The molecule has 1 aliphatic rings. The predicted molar refractivity (Wildman–Crippen MR) is 88.3 cm³/mol. The monoisotopic (exact) mass is 330 g/mol. The van der Waals surface area contributed by atoms with Gasteiger partial charge in [0.25, 0.3) is 5.91 Å². The van der Waals surface area contributed by atoms with E-state index in [1.807, 2.05) is 29.6 Å². The van der Waals surface area contributed by atoms with Crippen molar-refractivity contribution in [2.75, 3.05) is 19.7 Å². The van der Waals surface area contributed by atoms with Gasteiger partial charge in [-0.15, -0.1) is 11.3 Å². The van der Waals surface area contributed by atoms with Gasteiger partial charge in [0, 0.05) is 6.54 Å². The fourth-order valence-corrected chi connectivity index (χ4v) is 3.54. The molecule has 6 heteroatoms. The quantitative estimate of drug-likeness (QED) is 0.894. The van der Waals surface area contributed by atoms with Crippen LogP contribution in [0.3, 0.4) is 0 Å². The van der Waals surface area contributed by atoms with Crippen molar-refractivity contribution in [3.05, 3.63) is 57.8 Å². The Labute approximate surface area is 138 Å². The van der Waals surface area contributed by atoms with Gasteiger partial charge < -0.3 is 15.3 Å². The zero-order chi connectivity index (χ0) is 16.2. The Morgan fingerprint density at radius 2 is 2.09 bits per heavy atom. The van der Waals surface area contributed by atoms with Gasteiger partial charge in [-0.05, 0) is 29.0 Å². The van der Waals surface area contributed by atoms with E-state index in [1.54, 1.807) is 17.0 Å². The number of hydrogen-bond acceptors (Lipinski definition) is 4. The fraction of sp³-hybridized carbons (Fsp3) is 0.294. The van der Waals surface area contributed by atoms with Crippen LogP contribution in [0.1, 0.15) is 26.8 Å². The number of thiophene rings is 1. The molecule has 2 heterocycles. The minimum atomic E-state index is -0.342. The molecule has 0 spiro atoms. The van der Waals surface area contributed by atoms with Gasteiger partial charge in [0.1, 0.15) is 0 Å². The molecule has 0 radical (unpaired) electrons. The van der Waals surface area contributed by atoms with Gasteiger partial charge in [-0.3, -0.25) is 9.59 Å². The molecule has 23 heavy (non-hydrogen) atoms. The maximum Gasteiger partial charge on any atom is 0.261 e. The van der Waals surface area contributed by atoms with Crippen LogP contribution in [0.4, 0.5) is 0 Å². The average molecular weight is 330 g/mol. The first-order valence-electron chi connectivity index (χ1n) is 7.50. The van der Waals surface area contributed by atoms with Crippen molar-refractivity contribution in [1.82, 2.24) is 10.2 Å². The van der Waals surface area contributed by atoms with E-state index in [9.17, 15) is 14.7 Å². The Bertz CT molecular complexity index is 700. The molecule has 1 aliphatic heterocycles. The van der Waals surface area contributed by atoms with Crippen molar-refractivity contribution in [1.29, 1.82) is 0 Å². The van der Waals surface area contributed by atoms with Crippen LogP contribution < -0.4 is 5.32 Å². The van der Waals surface area contributed by atoms with E-state index in [0.717, 1.165) is 12.0 Å². The van der Waals surface area contributed by atoms with Gasteiger partial charge in [-0.2, -0.15) is 0 Å². The zero-order valence-electron chi connectivity index (χ0n) is 12.6. The van der Waals surface area contributed by atoms with Gasteiger partial charge in [0.2, 0.25) is 5.91 Å². The Hall–Kier alpha value is -2.18. The number of aliphatic hydroxyl groups is 1. The summed E-state index contributed by atoms with van der Waals surface area (Å²) in [6.45, 7) is 0.368. The molecule has 0 saturated heterocycles. The number of hydrogen-bond donors (Lipinski definition) is 2. The van der Waals surface area contributed by atoms with Crippen molar-refractivity contribution in [2.24, 2.45) is 0 Å². The maximum atomic E-state index is 12.5. The lowest BCUT2D eigenvalue weighted by Crippen LogP contribution is -2.46. The smallest absolute Gasteiger partial charge is 0.261 e. The summed E-state index contributed by atoms with van der Waals surface area (Å²) in [6.07, 6.45) is 0.761. The minimum Gasteiger partial charge on any atom is -0.394 e. The van der Waals surface area contributed by atoms with Gasteiger partial charge in [0.05, 0.1) is 24.1 Å². The first kappa shape index (κ1) is 15.7. The highest BCUT2D eigenvalue weighted by Crippen LogP contribution is 2.29. The van der Waals surface area contributed by atoms with E-state index in [2.05, 4.69) is 5.32 Å². The van der Waals surface area contributed by atoms with E-state index >= 15 is 0 Å². The van der Waals surface area contributed by atoms with Gasteiger partial charge in [-0.25, -0.2) is 0 Å². The standard InChI is InChI=1S/C17H18N2O3S/c20-11-14-13-5-2-1-4-12(13)7-8-19(14)16(21)10-18-17(22)15-6-3-9-23-15/h1-6,9,14,20H,7-8,10-11H2,(H,18,22)/t14-/m1/s1. The maximum absolute atomic E-state index is 12.5. The molecule has 0 bridgehead atoms. The van der Waals surface area contributed by atoms with E-state index in [-0.39, 0.29) is 31.0 Å². The Morgan fingerprint density at radius 1 is 1.26 bits per heavy atom. The first-order chi connectivity index (χ1) is 11.2. The van der Waals surface area contributed by atoms with Crippen molar-refractivity contribution < 1.29 is 14.7 Å². The predicted octanol–water partition coefficient (Wildman–Crippen LogP) is 1.60. The third kappa shape index (κ3) is 3.28. The number of rotatable bonds is 4. The first-order valence-corrected chi connectivity index (χ1v) is 8.38. The molecule has 0 fully saturated rings. The molecule has 1 aromatic carbocycles. The number of benzene rings is 1. The number of fused-ring (bicyclic) bond motifs is 1. The molecule has 0 unspecified atom stereocenters. The molecule has 120 valence electrons. The molecule has 1 aromatic heterocycles. The Morgan fingerprint density at radius 3 is 2.83 bits per heavy atom. The zero-order valence-corrected chi connectivity index (χ0v) is 13.4. The van der Waals surface area contributed by atoms with Crippen LogP contribution >= 0.6 is 11.3 Å². The number of amides is 2. The van der Waals surface area contributed by atoms with E-state index in [1.165, 1.54) is 16.9 Å². The summed E-state index contributed by atoms with van der Waals surface area (Å²) in [6, 6.07) is 11.0. The van der Waals surface area contributed by atoms with Crippen LogP contribution in [0.25, 0.3) is 0 Å². The summed E-state index contributed by atoms with van der Waals surface area (Å²) >= 11 is 1.34. The lowest BCUT2D eigenvalue weighted by molar-refractivity contribution is -0.134. The molecular weight excluding hydrogens is 312 g/mol. The van der Waals surface area contributed by atoms with Crippen LogP contribution in [0.15, 0.2) is 41.8 Å². The summed E-state index contributed by atoms with van der Waals surface area (Å²) in [5.41, 5.74) is 2.15. The van der Waals surface area contributed by atoms with E-state index < -0.39 is 0 Å². The summed E-state index contributed by atoms with van der Waals surface area (Å²) in [5, 5.41) is 14.2. The summed E-state index contributed by atoms with van der Waals surface area (Å²) in [7, 11) is 0. The Kier molecular flexibility index (Phi) is 4.73. The van der Waals surface area contributed by atoms with Crippen molar-refractivity contribution in [2.45, 2.75) is 12.5 Å². The van der Waals surface area contributed by atoms with Crippen molar-refractivity contribution in [3.63, 3.8) is 0 Å². The van der Waals surface area contributed by atoms with Crippen LogP contribution in [0.5, 0.6) is 0 Å². The molecule has 0 saturated carbocycles. The highest BCUT2D eigenvalue weighted by atomic mass is 32.1. The van der Waals surface area contributed by atoms with Crippen LogP contribution in [-0.2, 0) is 11.2 Å². The van der Waals surface area contributed by atoms with Crippen molar-refractivity contribution >= 4 is 23.2 Å². The van der Waals surface area contributed by atoms with Crippen molar-refractivity contribution in [3.8, 4) is 0 Å². The second-order valence-corrected chi connectivity index (χ2v) is 6.34. The van der Waals surface area contributed by atoms with Crippen LogP contribution in [-0.4, -0.2) is 41.5 Å². The molecular formula is C17H18N2O3S. The van der Waals surface area contributed by atoms with E-state index in [4.69, 9.17) is 0 Å². The molecule has 3 rings (SSSR count). The van der Waals surface area contributed by atoms with Gasteiger partial charge in [-0.1, -0.05) is 30.3 Å². The number of carbonyl (C=O) groups excluding carboxylic acids is 2. The highest BCUT2D eigenvalue weighted by molar-refractivity contribution is 7.12. The Balaban J connectivity index is 1.66. The lowest BCUT2D eigenvalue weighted by atomic mass is 9.93. The van der Waals surface area contributed by atoms with Crippen LogP contribution in [0, 0.1) is 0 Å². The number of nitrogens with zero attached hydrogens (tertiary/aromatic N) is 1. The molecule has 5 nitrogen and oxygen atoms in total. The van der Waals surface area contributed by atoms with Gasteiger partial charge in [0.15, 0.2) is 0 Å². The van der Waals surface area contributed by atoms with Crippen LogP contribution in [0.2, 0.25) is 0 Å². The third-order valence-electron chi connectivity index (χ3n) is 4.05. The van der Waals surface area contributed by atoms with E-state index in [0.29, 0.717) is 11.4 Å². The SMILES string of the molecule is O=C(NCC(=O)N1CCc2ccccc2[C@H]1CO)c1cccs1. The third-order valence-corrected chi connectivity index (χ3v) is 4.92. The normalized spacial score (nSPS) is 16.7. The largest absolute Gasteiger partial charge is 0.394 e. The molecule has 0 aliphatic carbocycles. The minimum absolute atomic E-state index is 0.0601.